The van der Waals surface area contributed by atoms with Crippen LogP contribution in [0.1, 0.15) is 37.3 Å². The fourth-order valence-electron chi connectivity index (χ4n) is 4.70. The third-order valence-electron chi connectivity index (χ3n) is 6.81. The first kappa shape index (κ1) is 29.0. The highest BCUT2D eigenvalue weighted by Crippen LogP contribution is 2.44. The summed E-state index contributed by atoms with van der Waals surface area (Å²) < 4.78 is 24.6. The van der Waals surface area contributed by atoms with Gasteiger partial charge in [-0.05, 0) is 42.5 Å². The fourth-order valence-corrected chi connectivity index (χ4v) is 4.70. The summed E-state index contributed by atoms with van der Waals surface area (Å²) in [5.41, 5.74) is -3.01. The van der Waals surface area contributed by atoms with Crippen LogP contribution in [0.15, 0.2) is 126 Å². The summed E-state index contributed by atoms with van der Waals surface area (Å²) in [7, 11) is 0. The number of hydrogen-bond acceptors (Lipinski definition) is 9. The maximum absolute atomic E-state index is 13.4. The van der Waals surface area contributed by atoms with Crippen LogP contribution in [0.5, 0.6) is 0 Å². The maximum Gasteiger partial charge on any atom is 0.339 e. The number of esters is 3. The molecule has 0 unspecified atom stereocenters. The minimum atomic E-state index is -2.04. The van der Waals surface area contributed by atoms with E-state index >= 15 is 0 Å². The summed E-state index contributed by atoms with van der Waals surface area (Å²) in [4.78, 5) is 66.5. The molecule has 4 atom stereocenters. The van der Waals surface area contributed by atoms with Gasteiger partial charge in [-0.1, -0.05) is 61.2 Å². The van der Waals surface area contributed by atoms with Gasteiger partial charge in [-0.2, -0.15) is 0 Å². The van der Waals surface area contributed by atoms with Crippen molar-refractivity contribution in [3.05, 3.63) is 153 Å². The summed E-state index contributed by atoms with van der Waals surface area (Å²) >= 11 is 0. The molecule has 2 heterocycles. The van der Waals surface area contributed by atoms with E-state index in [4.69, 9.17) is 18.9 Å². The number of ether oxygens (including phenoxy) is 4. The molecule has 11 heteroatoms. The Morgan fingerprint density at radius 3 is 1.88 bits per heavy atom. The standard InChI is InChI=1S/C32H26N2O9/c1-2-32(43-29(38)23-16-10-5-11-17-23)26(42-28(37)22-14-8-4-9-15-22)24(20-40-27(36)21-12-6-3-7-13-21)41-30(32)34-19-18-25(35)33-31(34)39/h2-19,24,26,30H,1,20H2,(H,33,35,39)/t24-,26-,30-,32-/m1/s1. The number of benzene rings is 3. The highest BCUT2D eigenvalue weighted by atomic mass is 16.7. The summed E-state index contributed by atoms with van der Waals surface area (Å²) in [6, 6.07) is 25.3. The predicted molar refractivity (Wildman–Crippen MR) is 152 cm³/mol. The third-order valence-corrected chi connectivity index (χ3v) is 6.81. The number of carbonyl (C=O) groups excluding carboxylic acids is 3. The van der Waals surface area contributed by atoms with Gasteiger partial charge in [0.15, 0.2) is 12.3 Å². The van der Waals surface area contributed by atoms with Crippen molar-refractivity contribution >= 4 is 17.9 Å². The lowest BCUT2D eigenvalue weighted by molar-refractivity contribution is -0.0946. The lowest BCUT2D eigenvalue weighted by atomic mass is 9.92. The third kappa shape index (κ3) is 6.07. The molecule has 43 heavy (non-hydrogen) atoms. The average molecular weight is 583 g/mol. The molecule has 1 aliphatic heterocycles. The molecule has 1 N–H and O–H groups in total. The minimum Gasteiger partial charge on any atom is -0.459 e. The van der Waals surface area contributed by atoms with Gasteiger partial charge in [0.1, 0.15) is 12.7 Å². The van der Waals surface area contributed by atoms with Crippen molar-refractivity contribution in [3.8, 4) is 0 Å². The van der Waals surface area contributed by atoms with Crippen LogP contribution in [0, 0.1) is 0 Å². The van der Waals surface area contributed by atoms with Crippen LogP contribution < -0.4 is 11.2 Å². The van der Waals surface area contributed by atoms with E-state index in [-0.39, 0.29) is 16.7 Å². The van der Waals surface area contributed by atoms with E-state index in [1.54, 1.807) is 66.7 Å². The van der Waals surface area contributed by atoms with Crippen molar-refractivity contribution in [1.82, 2.24) is 9.55 Å². The largest absolute Gasteiger partial charge is 0.459 e. The number of carbonyl (C=O) groups is 3. The van der Waals surface area contributed by atoms with Crippen LogP contribution in [0.2, 0.25) is 0 Å². The van der Waals surface area contributed by atoms with Crippen molar-refractivity contribution < 1.29 is 33.3 Å². The van der Waals surface area contributed by atoms with E-state index in [9.17, 15) is 24.0 Å². The van der Waals surface area contributed by atoms with Crippen molar-refractivity contribution in [2.24, 2.45) is 0 Å². The molecule has 0 radical (unpaired) electrons. The second-order valence-corrected chi connectivity index (χ2v) is 9.51. The Kier molecular flexibility index (Phi) is 8.44. The number of rotatable bonds is 9. The Balaban J connectivity index is 1.58. The van der Waals surface area contributed by atoms with Gasteiger partial charge < -0.3 is 18.9 Å². The van der Waals surface area contributed by atoms with Gasteiger partial charge in [0, 0.05) is 12.3 Å². The van der Waals surface area contributed by atoms with Gasteiger partial charge >= 0.3 is 23.6 Å². The Hall–Kier alpha value is -5.55. The molecule has 218 valence electrons. The first-order chi connectivity index (χ1) is 20.8. The molecule has 11 nitrogen and oxygen atoms in total. The van der Waals surface area contributed by atoms with E-state index in [0.29, 0.717) is 0 Å². The number of nitrogens with zero attached hydrogens (tertiary/aromatic N) is 1. The highest BCUT2D eigenvalue weighted by molar-refractivity contribution is 5.91. The lowest BCUT2D eigenvalue weighted by Gasteiger charge is -2.35. The number of aromatic nitrogens is 2. The predicted octanol–water partition coefficient (Wildman–Crippen LogP) is 3.30. The van der Waals surface area contributed by atoms with Crippen molar-refractivity contribution in [2.45, 2.75) is 24.0 Å². The molecular weight excluding hydrogens is 556 g/mol. The van der Waals surface area contributed by atoms with Gasteiger partial charge in [0.05, 0.1) is 16.7 Å². The molecular formula is C32H26N2O9. The number of H-pyrrole nitrogens is 1. The molecule has 0 amide bonds. The molecule has 3 aromatic carbocycles. The van der Waals surface area contributed by atoms with Gasteiger partial charge in [0.25, 0.3) is 5.56 Å². The second-order valence-electron chi connectivity index (χ2n) is 9.51. The first-order valence-electron chi connectivity index (χ1n) is 13.2. The minimum absolute atomic E-state index is 0.156. The normalized spacial score (nSPS) is 21.0. The Labute approximate surface area is 244 Å². The van der Waals surface area contributed by atoms with Crippen molar-refractivity contribution in [3.63, 3.8) is 0 Å². The Bertz CT molecular complexity index is 1740. The zero-order valence-electron chi connectivity index (χ0n) is 22.7. The number of aromatic amines is 1. The van der Waals surface area contributed by atoms with Gasteiger partial charge in [-0.3, -0.25) is 14.3 Å². The van der Waals surface area contributed by atoms with E-state index in [1.807, 2.05) is 0 Å². The van der Waals surface area contributed by atoms with Crippen LogP contribution in [-0.4, -0.2) is 51.9 Å². The molecule has 0 spiro atoms. The lowest BCUT2D eigenvalue weighted by Crippen LogP contribution is -2.52. The highest BCUT2D eigenvalue weighted by Gasteiger charge is 2.62. The summed E-state index contributed by atoms with van der Waals surface area (Å²) in [5, 5.41) is 0. The first-order valence-corrected chi connectivity index (χ1v) is 13.2. The van der Waals surface area contributed by atoms with E-state index in [1.165, 1.54) is 30.3 Å². The number of hydrogen-bond donors (Lipinski definition) is 1. The SMILES string of the molecule is C=C[C@@]1(OC(=O)c2ccccc2)[C@H](OC(=O)c2ccccc2)[C@@H](COC(=O)c2ccccc2)O[C@H]1n1ccc(=O)[nH]c1=O. The van der Waals surface area contributed by atoms with Crippen LogP contribution in [0.25, 0.3) is 0 Å². The van der Waals surface area contributed by atoms with Crippen LogP contribution >= 0.6 is 0 Å². The Morgan fingerprint density at radius 1 is 0.814 bits per heavy atom. The molecule has 1 aliphatic rings. The zero-order chi connectivity index (χ0) is 30.4. The molecule has 0 saturated carbocycles. The molecule has 1 saturated heterocycles. The van der Waals surface area contributed by atoms with Crippen molar-refractivity contribution in [2.75, 3.05) is 6.61 Å². The molecule has 5 rings (SSSR count). The topological polar surface area (TPSA) is 143 Å². The maximum atomic E-state index is 13.4. The van der Waals surface area contributed by atoms with Crippen LogP contribution in [-0.2, 0) is 18.9 Å². The van der Waals surface area contributed by atoms with Gasteiger partial charge in [-0.25, -0.2) is 19.2 Å². The average Bonchev–Trinajstić information content (AvgIpc) is 3.33. The molecule has 1 fully saturated rings. The fraction of sp³-hybridized carbons (Fsp3) is 0.156. The smallest absolute Gasteiger partial charge is 0.339 e. The van der Waals surface area contributed by atoms with Crippen LogP contribution in [0.4, 0.5) is 0 Å². The van der Waals surface area contributed by atoms with Gasteiger partial charge in [-0.15, -0.1) is 0 Å². The molecule has 1 aromatic heterocycles. The van der Waals surface area contributed by atoms with Crippen LogP contribution in [0.3, 0.4) is 0 Å². The summed E-state index contributed by atoms with van der Waals surface area (Å²) in [6.07, 6.45) is -1.90. The van der Waals surface area contributed by atoms with E-state index in [2.05, 4.69) is 11.6 Å². The van der Waals surface area contributed by atoms with E-state index < -0.39 is 59.8 Å². The summed E-state index contributed by atoms with van der Waals surface area (Å²) in [5.74, 6) is -2.33. The van der Waals surface area contributed by atoms with Crippen molar-refractivity contribution in [1.29, 1.82) is 0 Å². The summed E-state index contributed by atoms with van der Waals surface area (Å²) in [6.45, 7) is 3.38. The monoisotopic (exact) mass is 582 g/mol. The molecule has 0 aliphatic carbocycles. The quantitative estimate of drug-likeness (QED) is 0.179. The second kappa shape index (κ2) is 12.5. The number of nitrogens with one attached hydrogen (secondary N) is 1. The van der Waals surface area contributed by atoms with E-state index in [0.717, 1.165) is 16.8 Å². The Morgan fingerprint density at radius 2 is 1.35 bits per heavy atom. The molecule has 4 aromatic rings. The zero-order valence-corrected chi connectivity index (χ0v) is 22.7. The van der Waals surface area contributed by atoms with Gasteiger partial charge in [0.2, 0.25) is 5.60 Å². The molecule has 0 bridgehead atoms.